The summed E-state index contributed by atoms with van der Waals surface area (Å²) in [5.74, 6) is 0.709. The molecule has 0 bridgehead atoms. The smallest absolute Gasteiger partial charge is 0.221 e. The number of guanidine groups is 1. The zero-order chi connectivity index (χ0) is 17.6. The topological polar surface area (TPSA) is 85.8 Å². The molecule has 0 saturated carbocycles. The third kappa shape index (κ3) is 8.53. The number of aliphatic hydroxyl groups excluding tert-OH is 1. The number of hydrogen-bond donors (Lipinski definition) is 4. The third-order valence-electron chi connectivity index (χ3n) is 3.42. The molecule has 0 saturated heterocycles. The molecule has 1 rings (SSSR count). The number of nitrogens with zero attached hydrogens (tertiary/aromatic N) is 1. The predicted octanol–water partition coefficient (Wildman–Crippen LogP) is 1.58. The molecule has 4 N–H and O–H groups in total. The lowest BCUT2D eigenvalue weighted by Crippen LogP contribution is -2.39. The molecular formula is C18H30N4O2. The molecule has 1 aromatic carbocycles. The van der Waals surface area contributed by atoms with E-state index in [4.69, 9.17) is 0 Å². The monoisotopic (exact) mass is 334 g/mol. The summed E-state index contributed by atoms with van der Waals surface area (Å²) in [6.07, 6.45) is 1.39. The van der Waals surface area contributed by atoms with Gasteiger partial charge in [-0.05, 0) is 25.3 Å². The highest BCUT2D eigenvalue weighted by Crippen LogP contribution is 2.15. The van der Waals surface area contributed by atoms with E-state index >= 15 is 0 Å². The predicted molar refractivity (Wildman–Crippen MR) is 97.9 cm³/mol. The van der Waals surface area contributed by atoms with Crippen molar-refractivity contribution < 1.29 is 9.90 Å². The maximum absolute atomic E-state index is 11.6. The number of aliphatic hydroxyl groups is 1. The molecule has 0 fully saturated rings. The van der Waals surface area contributed by atoms with Gasteiger partial charge in [-0.15, -0.1) is 0 Å². The van der Waals surface area contributed by atoms with E-state index in [0.29, 0.717) is 38.4 Å². The number of nitrogens with one attached hydrogen (secondary N) is 3. The summed E-state index contributed by atoms with van der Waals surface area (Å²) in [6, 6.07) is 9.58. The molecule has 1 amide bonds. The first-order chi connectivity index (χ1) is 11.7. The number of carbonyl (C=O) groups is 1. The van der Waals surface area contributed by atoms with Crippen LogP contribution < -0.4 is 16.0 Å². The van der Waals surface area contributed by atoms with Crippen molar-refractivity contribution in [2.45, 2.75) is 39.2 Å². The Bertz CT molecular complexity index is 491. The van der Waals surface area contributed by atoms with E-state index in [0.717, 1.165) is 18.5 Å². The first-order valence-electron chi connectivity index (χ1n) is 8.69. The molecule has 24 heavy (non-hydrogen) atoms. The highest BCUT2D eigenvalue weighted by Gasteiger charge is 2.06. The van der Waals surface area contributed by atoms with E-state index in [2.05, 4.69) is 20.9 Å². The average molecular weight is 334 g/mol. The minimum atomic E-state index is -0.516. The van der Waals surface area contributed by atoms with E-state index in [1.54, 1.807) is 0 Å². The number of rotatable bonds is 10. The van der Waals surface area contributed by atoms with E-state index in [9.17, 15) is 9.90 Å². The van der Waals surface area contributed by atoms with Crippen molar-refractivity contribution in [3.63, 3.8) is 0 Å². The lowest BCUT2D eigenvalue weighted by molar-refractivity contribution is -0.120. The number of aliphatic imine (C=N–C) groups is 1. The van der Waals surface area contributed by atoms with Crippen LogP contribution in [0.25, 0.3) is 0 Å². The molecule has 1 unspecified atom stereocenters. The quantitative estimate of drug-likeness (QED) is 0.387. The SMILES string of the molecule is CCCNC(=O)CCNC(=NCCC(O)c1ccccc1)NCC. The molecule has 0 aliphatic carbocycles. The summed E-state index contributed by atoms with van der Waals surface area (Å²) in [5.41, 5.74) is 0.901. The van der Waals surface area contributed by atoms with E-state index < -0.39 is 6.10 Å². The van der Waals surface area contributed by atoms with Crippen LogP contribution in [0.5, 0.6) is 0 Å². The van der Waals surface area contributed by atoms with Crippen molar-refractivity contribution in [1.82, 2.24) is 16.0 Å². The Balaban J connectivity index is 2.35. The van der Waals surface area contributed by atoms with Gasteiger partial charge in [0, 0.05) is 32.6 Å². The van der Waals surface area contributed by atoms with Gasteiger partial charge >= 0.3 is 0 Å². The van der Waals surface area contributed by atoms with Crippen molar-refractivity contribution in [2.24, 2.45) is 4.99 Å². The van der Waals surface area contributed by atoms with Gasteiger partial charge in [-0.3, -0.25) is 9.79 Å². The first kappa shape index (κ1) is 20.0. The van der Waals surface area contributed by atoms with E-state index in [1.807, 2.05) is 44.2 Å². The number of benzene rings is 1. The summed E-state index contributed by atoms with van der Waals surface area (Å²) in [4.78, 5) is 16.0. The van der Waals surface area contributed by atoms with Crippen molar-refractivity contribution in [3.8, 4) is 0 Å². The van der Waals surface area contributed by atoms with Crippen LogP contribution in [-0.2, 0) is 4.79 Å². The molecule has 6 heteroatoms. The molecule has 0 aliphatic rings. The van der Waals surface area contributed by atoms with Crippen molar-refractivity contribution in [1.29, 1.82) is 0 Å². The Morgan fingerprint density at radius 3 is 2.54 bits per heavy atom. The van der Waals surface area contributed by atoms with Crippen LogP contribution in [0.4, 0.5) is 0 Å². The molecule has 0 aliphatic heterocycles. The van der Waals surface area contributed by atoms with Crippen LogP contribution in [0.3, 0.4) is 0 Å². The fraction of sp³-hybridized carbons (Fsp3) is 0.556. The molecule has 134 valence electrons. The van der Waals surface area contributed by atoms with Crippen molar-refractivity contribution >= 4 is 11.9 Å². The summed E-state index contributed by atoms with van der Waals surface area (Å²) in [7, 11) is 0. The fourth-order valence-corrected chi connectivity index (χ4v) is 2.13. The van der Waals surface area contributed by atoms with Crippen LogP contribution in [0, 0.1) is 0 Å². The van der Waals surface area contributed by atoms with Crippen LogP contribution >= 0.6 is 0 Å². The lowest BCUT2D eigenvalue weighted by Gasteiger charge is -2.13. The molecule has 6 nitrogen and oxygen atoms in total. The molecule has 0 aromatic heterocycles. The zero-order valence-electron chi connectivity index (χ0n) is 14.7. The fourth-order valence-electron chi connectivity index (χ4n) is 2.13. The second-order valence-electron chi connectivity index (χ2n) is 5.50. The van der Waals surface area contributed by atoms with Gasteiger partial charge in [0.1, 0.15) is 0 Å². The second kappa shape index (κ2) is 12.4. The Morgan fingerprint density at radius 2 is 1.88 bits per heavy atom. The van der Waals surface area contributed by atoms with Crippen molar-refractivity contribution in [3.05, 3.63) is 35.9 Å². The van der Waals surface area contributed by atoms with Gasteiger partial charge < -0.3 is 21.1 Å². The standard InChI is InChI=1S/C18H30N4O2/c1-3-12-20-17(24)11-14-22-18(19-4-2)21-13-10-16(23)15-8-6-5-7-9-15/h5-9,16,23H,3-4,10-14H2,1-2H3,(H,20,24)(H2,19,21,22). The highest BCUT2D eigenvalue weighted by atomic mass is 16.3. The van der Waals surface area contributed by atoms with Crippen LogP contribution in [0.2, 0.25) is 0 Å². The lowest BCUT2D eigenvalue weighted by atomic mass is 10.1. The maximum Gasteiger partial charge on any atom is 0.221 e. The molecule has 0 radical (unpaired) electrons. The van der Waals surface area contributed by atoms with Crippen LogP contribution in [0.15, 0.2) is 35.3 Å². The summed E-state index contributed by atoms with van der Waals surface area (Å²) in [6.45, 7) is 6.51. The largest absolute Gasteiger partial charge is 0.388 e. The minimum Gasteiger partial charge on any atom is -0.388 e. The molecule has 1 aromatic rings. The van der Waals surface area contributed by atoms with Gasteiger partial charge in [-0.25, -0.2) is 0 Å². The molecular weight excluding hydrogens is 304 g/mol. The summed E-state index contributed by atoms with van der Waals surface area (Å²) < 4.78 is 0. The van der Waals surface area contributed by atoms with E-state index in [1.165, 1.54) is 0 Å². The molecule has 1 atom stereocenters. The Morgan fingerprint density at radius 1 is 1.12 bits per heavy atom. The average Bonchev–Trinajstić information content (AvgIpc) is 2.60. The third-order valence-corrected chi connectivity index (χ3v) is 3.42. The van der Waals surface area contributed by atoms with Gasteiger partial charge in [0.05, 0.1) is 6.10 Å². The normalized spacial score (nSPS) is 12.5. The van der Waals surface area contributed by atoms with Gasteiger partial charge in [-0.1, -0.05) is 37.3 Å². The number of amides is 1. The van der Waals surface area contributed by atoms with Gasteiger partial charge in [0.2, 0.25) is 5.91 Å². The molecule has 0 spiro atoms. The van der Waals surface area contributed by atoms with Gasteiger partial charge in [-0.2, -0.15) is 0 Å². The Kier molecular flexibility index (Phi) is 10.3. The summed E-state index contributed by atoms with van der Waals surface area (Å²) >= 11 is 0. The zero-order valence-corrected chi connectivity index (χ0v) is 14.7. The minimum absolute atomic E-state index is 0.0414. The summed E-state index contributed by atoms with van der Waals surface area (Å²) in [5, 5.41) is 19.3. The molecule has 0 heterocycles. The Hall–Kier alpha value is -2.08. The Labute approximate surface area is 144 Å². The van der Waals surface area contributed by atoms with Crippen molar-refractivity contribution in [2.75, 3.05) is 26.2 Å². The van der Waals surface area contributed by atoms with Gasteiger partial charge in [0.15, 0.2) is 5.96 Å². The van der Waals surface area contributed by atoms with E-state index in [-0.39, 0.29) is 5.91 Å². The van der Waals surface area contributed by atoms with Crippen LogP contribution in [-0.4, -0.2) is 43.2 Å². The number of carbonyl (C=O) groups excluding carboxylic acids is 1. The second-order valence-corrected chi connectivity index (χ2v) is 5.50. The maximum atomic E-state index is 11.6. The number of hydrogen-bond acceptors (Lipinski definition) is 3. The van der Waals surface area contributed by atoms with Gasteiger partial charge in [0.25, 0.3) is 0 Å². The highest BCUT2D eigenvalue weighted by molar-refractivity contribution is 5.81. The first-order valence-corrected chi connectivity index (χ1v) is 8.69. The van der Waals surface area contributed by atoms with Crippen LogP contribution in [0.1, 0.15) is 44.8 Å².